The first-order valence-corrected chi connectivity index (χ1v) is 7.82. The van der Waals surface area contributed by atoms with Crippen molar-refractivity contribution in [3.63, 3.8) is 0 Å². The lowest BCUT2D eigenvalue weighted by molar-refractivity contribution is -0.132. The predicted octanol–water partition coefficient (Wildman–Crippen LogP) is 2.63. The summed E-state index contributed by atoms with van der Waals surface area (Å²) in [5, 5.41) is 7.89. The van der Waals surface area contributed by atoms with E-state index in [9.17, 15) is 4.79 Å². The number of hydrogen-bond acceptors (Lipinski definition) is 4. The molecule has 0 aromatic heterocycles. The Balaban J connectivity index is 0. The van der Waals surface area contributed by atoms with Gasteiger partial charge in [-0.05, 0) is 48.5 Å². The van der Waals surface area contributed by atoms with E-state index in [1.165, 1.54) is 6.92 Å². The van der Waals surface area contributed by atoms with E-state index >= 15 is 0 Å². The van der Waals surface area contributed by atoms with Gasteiger partial charge in [0, 0.05) is 23.9 Å². The molecule has 0 aliphatic carbocycles. The van der Waals surface area contributed by atoms with E-state index in [2.05, 4.69) is 6.58 Å². The molecule has 0 heterocycles. The Labute approximate surface area is 118 Å². The lowest BCUT2D eigenvalue weighted by Crippen LogP contribution is -2.34. The van der Waals surface area contributed by atoms with Crippen LogP contribution in [0.4, 0.5) is 0 Å². The van der Waals surface area contributed by atoms with Gasteiger partial charge in [-0.1, -0.05) is 6.58 Å². The highest BCUT2D eigenvalue weighted by Gasteiger charge is 2.20. The van der Waals surface area contributed by atoms with Gasteiger partial charge >= 0.3 is 15.5 Å². The summed E-state index contributed by atoms with van der Waals surface area (Å²) in [4.78, 5) is 9.60. The van der Waals surface area contributed by atoms with Crippen molar-refractivity contribution in [2.24, 2.45) is 0 Å². The molecule has 0 bridgehead atoms. The fourth-order valence-electron chi connectivity index (χ4n) is 0.763. The average molecular weight is 292 g/mol. The van der Waals surface area contributed by atoms with Crippen molar-refractivity contribution in [1.82, 2.24) is 0 Å². The lowest BCUT2D eigenvalue weighted by atomic mass is 10.4. The second kappa shape index (κ2) is 11.2. The fourth-order valence-corrected chi connectivity index (χ4v) is 2.29. The van der Waals surface area contributed by atoms with E-state index in [-0.39, 0.29) is 23.9 Å². The molecule has 0 aromatic carbocycles. The SMILES string of the molecule is C=C(C)C(=O)O.CC(C)O[SiH](OC(C)C)OC(C)C. The maximum atomic E-state index is 9.60. The monoisotopic (exact) mass is 292 g/mol. The Hall–Kier alpha value is -0.693. The Bertz CT molecular complexity index is 228. The van der Waals surface area contributed by atoms with Gasteiger partial charge in [0.05, 0.1) is 0 Å². The average Bonchev–Trinajstić information content (AvgIpc) is 2.14. The zero-order valence-electron chi connectivity index (χ0n) is 13.1. The molecule has 0 rings (SSSR count). The van der Waals surface area contributed by atoms with Crippen LogP contribution in [0, 0.1) is 0 Å². The number of hydrogen-bond donors (Lipinski definition) is 1. The lowest BCUT2D eigenvalue weighted by Gasteiger charge is -2.22. The highest BCUT2D eigenvalue weighted by molar-refractivity contribution is 6.36. The van der Waals surface area contributed by atoms with Crippen LogP contribution in [0.25, 0.3) is 0 Å². The van der Waals surface area contributed by atoms with Gasteiger partial charge in [0.2, 0.25) is 0 Å². The molecule has 5 nitrogen and oxygen atoms in total. The van der Waals surface area contributed by atoms with Gasteiger partial charge in [0.25, 0.3) is 0 Å². The van der Waals surface area contributed by atoms with Gasteiger partial charge in [0.15, 0.2) is 0 Å². The van der Waals surface area contributed by atoms with Gasteiger partial charge in [-0.15, -0.1) is 0 Å². The minimum absolute atomic E-state index is 0.175. The van der Waals surface area contributed by atoms with E-state index in [1.807, 2.05) is 41.5 Å². The summed E-state index contributed by atoms with van der Waals surface area (Å²) in [7, 11) is -1.91. The van der Waals surface area contributed by atoms with Crippen LogP contribution in [-0.2, 0) is 18.1 Å². The van der Waals surface area contributed by atoms with E-state index in [0.29, 0.717) is 0 Å². The van der Waals surface area contributed by atoms with E-state index in [0.717, 1.165) is 0 Å². The Morgan fingerprint density at radius 3 is 1.26 bits per heavy atom. The summed E-state index contributed by atoms with van der Waals surface area (Å²) in [6.45, 7) is 16.6. The third-order valence-electron chi connectivity index (χ3n) is 1.51. The first-order valence-electron chi connectivity index (χ1n) is 6.41. The van der Waals surface area contributed by atoms with Gasteiger partial charge in [-0.2, -0.15) is 0 Å². The van der Waals surface area contributed by atoms with Gasteiger partial charge in [-0.3, -0.25) is 0 Å². The van der Waals surface area contributed by atoms with Crippen molar-refractivity contribution < 1.29 is 23.2 Å². The van der Waals surface area contributed by atoms with Crippen molar-refractivity contribution in [1.29, 1.82) is 0 Å². The van der Waals surface area contributed by atoms with Gasteiger partial charge in [-0.25, -0.2) is 4.79 Å². The molecule has 0 aromatic rings. The van der Waals surface area contributed by atoms with Crippen LogP contribution in [0.2, 0.25) is 0 Å². The highest BCUT2D eigenvalue weighted by Crippen LogP contribution is 2.04. The molecule has 0 atom stereocenters. The summed E-state index contributed by atoms with van der Waals surface area (Å²) in [6.07, 6.45) is 0.525. The molecule has 0 spiro atoms. The van der Waals surface area contributed by atoms with Crippen LogP contribution >= 0.6 is 0 Å². The van der Waals surface area contributed by atoms with Crippen molar-refractivity contribution in [3.8, 4) is 0 Å². The van der Waals surface area contributed by atoms with Crippen molar-refractivity contribution in [2.75, 3.05) is 0 Å². The number of carbonyl (C=O) groups is 1. The van der Waals surface area contributed by atoms with Crippen LogP contribution in [0.5, 0.6) is 0 Å². The summed E-state index contributed by atoms with van der Waals surface area (Å²) in [6, 6.07) is 0. The van der Waals surface area contributed by atoms with Gasteiger partial charge in [0.1, 0.15) is 0 Å². The molecule has 0 saturated heterocycles. The highest BCUT2D eigenvalue weighted by atomic mass is 28.3. The number of carboxylic acid groups (broad SMARTS) is 1. The molecule has 0 unspecified atom stereocenters. The molecule has 0 saturated carbocycles. The normalized spacial score (nSPS) is 10.9. The summed E-state index contributed by atoms with van der Waals surface area (Å²) in [5.41, 5.74) is 0.176. The Morgan fingerprint density at radius 1 is 0.947 bits per heavy atom. The topological polar surface area (TPSA) is 65.0 Å². The second-order valence-electron chi connectivity index (χ2n) is 4.93. The molecule has 1 N–H and O–H groups in total. The standard InChI is InChI=1S/C9H22O3Si.C4H6O2/c1-7(2)10-13(11-8(3)4)12-9(5)6;1-3(2)4(5)6/h7-9,13H,1-6H3;1H2,2H3,(H,5,6). The van der Waals surface area contributed by atoms with Crippen LogP contribution in [0.1, 0.15) is 48.5 Å². The van der Waals surface area contributed by atoms with Gasteiger partial charge < -0.3 is 18.4 Å². The van der Waals surface area contributed by atoms with E-state index < -0.39 is 15.5 Å². The minimum atomic E-state index is -1.91. The van der Waals surface area contributed by atoms with E-state index in [4.69, 9.17) is 18.4 Å². The third-order valence-corrected chi connectivity index (χ3v) is 3.81. The molecule has 19 heavy (non-hydrogen) atoms. The molecular formula is C13H28O5Si. The summed E-state index contributed by atoms with van der Waals surface area (Å²) < 4.78 is 16.7. The smallest absolute Gasteiger partial charge is 0.478 e. The molecule has 0 radical (unpaired) electrons. The van der Waals surface area contributed by atoms with Crippen LogP contribution in [0.3, 0.4) is 0 Å². The number of aliphatic carboxylic acids is 1. The minimum Gasteiger partial charge on any atom is -0.478 e. The summed E-state index contributed by atoms with van der Waals surface area (Å²) in [5.74, 6) is -0.935. The largest absolute Gasteiger partial charge is 0.484 e. The quantitative estimate of drug-likeness (QED) is 0.577. The Kier molecular flexibility index (Phi) is 12.1. The van der Waals surface area contributed by atoms with Crippen molar-refractivity contribution >= 4 is 15.5 Å². The van der Waals surface area contributed by atoms with E-state index in [1.54, 1.807) is 0 Å². The van der Waals surface area contributed by atoms with Crippen LogP contribution in [-0.4, -0.2) is 38.9 Å². The fraction of sp³-hybridized carbons (Fsp3) is 0.769. The number of carboxylic acids is 1. The first kappa shape index (κ1) is 20.6. The first-order chi connectivity index (χ1) is 8.56. The molecule has 0 amide bonds. The molecule has 0 aliphatic rings. The Morgan fingerprint density at radius 2 is 1.16 bits per heavy atom. The van der Waals surface area contributed by atoms with Crippen molar-refractivity contribution in [2.45, 2.75) is 66.8 Å². The third kappa shape index (κ3) is 17.3. The molecule has 6 heteroatoms. The molecule has 0 fully saturated rings. The molecule has 114 valence electrons. The van der Waals surface area contributed by atoms with Crippen LogP contribution < -0.4 is 0 Å². The predicted molar refractivity (Wildman–Crippen MR) is 78.3 cm³/mol. The zero-order chi connectivity index (χ0) is 15.6. The maximum Gasteiger partial charge on any atom is 0.484 e. The number of rotatable bonds is 7. The maximum absolute atomic E-state index is 9.60. The summed E-state index contributed by atoms with van der Waals surface area (Å²) >= 11 is 0. The molecular weight excluding hydrogens is 264 g/mol. The molecule has 0 aliphatic heterocycles. The van der Waals surface area contributed by atoms with Crippen molar-refractivity contribution in [3.05, 3.63) is 12.2 Å². The second-order valence-corrected chi connectivity index (χ2v) is 6.32. The van der Waals surface area contributed by atoms with Crippen LogP contribution in [0.15, 0.2) is 12.2 Å². The zero-order valence-corrected chi connectivity index (χ0v) is 14.3.